The van der Waals surface area contributed by atoms with Crippen molar-refractivity contribution in [1.82, 2.24) is 4.57 Å². The lowest BCUT2D eigenvalue weighted by molar-refractivity contribution is -0.143. The maximum Gasteiger partial charge on any atom is 0.343 e. The molecular formula is C30H28Br2N2O9S. The Bertz CT molecular complexity index is 1850. The highest BCUT2D eigenvalue weighted by atomic mass is 79.9. The van der Waals surface area contributed by atoms with Crippen molar-refractivity contribution in [1.29, 1.82) is 0 Å². The second-order valence-electron chi connectivity index (χ2n) is 9.21. The molecule has 0 aliphatic carbocycles. The van der Waals surface area contributed by atoms with E-state index in [4.69, 9.17) is 18.9 Å². The number of hydrogen-bond acceptors (Lipinski definition) is 11. The molecule has 1 aromatic heterocycles. The second-order valence-corrected chi connectivity index (χ2v) is 12.0. The van der Waals surface area contributed by atoms with Gasteiger partial charge in [-0.05, 0) is 72.6 Å². The first-order valence-corrected chi connectivity index (χ1v) is 15.7. The summed E-state index contributed by atoms with van der Waals surface area (Å²) in [6, 6.07) is 7.44. The monoisotopic (exact) mass is 750 g/mol. The largest absolute Gasteiger partial charge is 0.490 e. The summed E-state index contributed by atoms with van der Waals surface area (Å²) in [7, 11) is 1.26. The van der Waals surface area contributed by atoms with Crippen LogP contribution in [0.1, 0.15) is 44.9 Å². The van der Waals surface area contributed by atoms with Crippen LogP contribution in [0.15, 0.2) is 60.3 Å². The maximum atomic E-state index is 14.1. The number of fused-ring (bicyclic) bond motifs is 1. The van der Waals surface area contributed by atoms with Crippen LogP contribution in [0.25, 0.3) is 6.08 Å². The standard InChI is InChI=1S/C30H28Br2N2O9S/c1-6-40-22-11-17(8-9-21(22)42-14-24(36)39-5)26-25(29(38)41-7-2)15(3)33-30-34(26)28(37)23(44-30)12-18-10-19(31)13-20(32)27(18)43-16(4)35/h8-13,26H,6-7,14H2,1-5H3/b23-12+/t26-/m1/s1. The van der Waals surface area contributed by atoms with Crippen molar-refractivity contribution in [3.63, 3.8) is 0 Å². The number of carbonyl (C=O) groups is 3. The molecule has 1 aliphatic rings. The average Bonchev–Trinajstić information content (AvgIpc) is 3.27. The molecule has 2 heterocycles. The van der Waals surface area contributed by atoms with E-state index >= 15 is 0 Å². The van der Waals surface area contributed by atoms with E-state index in [2.05, 4.69) is 41.6 Å². The van der Waals surface area contributed by atoms with E-state index in [-0.39, 0.29) is 41.4 Å². The molecule has 1 atom stereocenters. The lowest BCUT2D eigenvalue weighted by atomic mass is 9.95. The fourth-order valence-electron chi connectivity index (χ4n) is 4.46. The predicted octanol–water partition coefficient (Wildman–Crippen LogP) is 4.20. The number of ether oxygens (including phenoxy) is 5. The summed E-state index contributed by atoms with van der Waals surface area (Å²) in [6.07, 6.45) is 1.60. The summed E-state index contributed by atoms with van der Waals surface area (Å²) in [6.45, 7) is 6.51. The molecule has 14 heteroatoms. The Balaban J connectivity index is 1.94. The Kier molecular flexibility index (Phi) is 10.8. The van der Waals surface area contributed by atoms with Gasteiger partial charge in [-0.25, -0.2) is 14.6 Å². The van der Waals surface area contributed by atoms with Crippen LogP contribution in [0.4, 0.5) is 0 Å². The van der Waals surface area contributed by atoms with Crippen molar-refractivity contribution in [2.45, 2.75) is 33.7 Å². The SMILES string of the molecule is CCOC(=O)C1=C(C)N=c2s/c(=C/c3cc(Br)cc(Br)c3OC(C)=O)c(=O)n2[C@@H]1c1ccc(OCC(=O)OC)c(OCC)c1. The molecule has 0 fully saturated rings. The predicted molar refractivity (Wildman–Crippen MR) is 169 cm³/mol. The first-order valence-electron chi connectivity index (χ1n) is 13.3. The molecular weight excluding hydrogens is 724 g/mol. The minimum atomic E-state index is -0.927. The van der Waals surface area contributed by atoms with E-state index in [9.17, 15) is 19.2 Å². The number of esters is 3. The number of nitrogens with zero attached hydrogens (tertiary/aromatic N) is 2. The van der Waals surface area contributed by atoms with Gasteiger partial charge in [0.1, 0.15) is 0 Å². The molecule has 4 rings (SSSR count). The van der Waals surface area contributed by atoms with E-state index in [1.807, 2.05) is 0 Å². The number of thiazole rings is 1. The fraction of sp³-hybridized carbons (Fsp3) is 0.300. The zero-order valence-corrected chi connectivity index (χ0v) is 28.4. The number of allylic oxidation sites excluding steroid dienone is 1. The zero-order valence-electron chi connectivity index (χ0n) is 24.4. The zero-order chi connectivity index (χ0) is 32.1. The molecule has 0 saturated heterocycles. The molecule has 0 radical (unpaired) electrons. The number of benzene rings is 2. The third-order valence-corrected chi connectivity index (χ3v) is 8.27. The van der Waals surface area contributed by atoms with Gasteiger partial charge in [-0.2, -0.15) is 0 Å². The van der Waals surface area contributed by atoms with E-state index < -0.39 is 29.5 Å². The Labute approximate surface area is 273 Å². The van der Waals surface area contributed by atoms with Crippen molar-refractivity contribution in [3.8, 4) is 17.2 Å². The van der Waals surface area contributed by atoms with Crippen LogP contribution in [0, 0.1) is 0 Å². The van der Waals surface area contributed by atoms with Gasteiger partial charge in [0.2, 0.25) is 0 Å². The number of aromatic nitrogens is 1. The van der Waals surface area contributed by atoms with Gasteiger partial charge in [-0.1, -0.05) is 33.3 Å². The fourth-order valence-corrected chi connectivity index (χ4v) is 6.84. The Morgan fingerprint density at radius 1 is 1.07 bits per heavy atom. The van der Waals surface area contributed by atoms with Gasteiger partial charge < -0.3 is 23.7 Å². The van der Waals surface area contributed by atoms with Gasteiger partial charge in [0.15, 0.2) is 28.7 Å². The second kappa shape index (κ2) is 14.4. The number of methoxy groups -OCH3 is 1. The van der Waals surface area contributed by atoms with Gasteiger partial charge in [-0.15, -0.1) is 0 Å². The highest BCUT2D eigenvalue weighted by molar-refractivity contribution is 9.11. The smallest absolute Gasteiger partial charge is 0.343 e. The van der Waals surface area contributed by atoms with Crippen LogP contribution in [-0.2, 0) is 23.9 Å². The van der Waals surface area contributed by atoms with Crippen LogP contribution >= 0.6 is 43.2 Å². The Hall–Kier alpha value is -3.75. The van der Waals surface area contributed by atoms with Crippen LogP contribution < -0.4 is 29.1 Å². The Morgan fingerprint density at radius 3 is 2.48 bits per heavy atom. The van der Waals surface area contributed by atoms with E-state index in [1.54, 1.807) is 57.2 Å². The van der Waals surface area contributed by atoms with Gasteiger partial charge in [0, 0.05) is 17.0 Å². The first-order chi connectivity index (χ1) is 21.0. The number of hydrogen-bond donors (Lipinski definition) is 0. The molecule has 0 spiro atoms. The quantitative estimate of drug-likeness (QED) is 0.221. The molecule has 3 aromatic rings. The topological polar surface area (TPSA) is 132 Å². The summed E-state index contributed by atoms with van der Waals surface area (Å²) in [5, 5.41) is 0. The van der Waals surface area contributed by atoms with E-state index in [1.165, 1.54) is 18.6 Å². The Morgan fingerprint density at radius 2 is 1.82 bits per heavy atom. The summed E-state index contributed by atoms with van der Waals surface area (Å²) < 4.78 is 29.8. The number of halogens is 2. The molecule has 0 N–H and O–H groups in total. The average molecular weight is 752 g/mol. The van der Waals surface area contributed by atoms with Crippen LogP contribution in [0.2, 0.25) is 0 Å². The van der Waals surface area contributed by atoms with Gasteiger partial charge in [0.25, 0.3) is 5.56 Å². The molecule has 11 nitrogen and oxygen atoms in total. The lowest BCUT2D eigenvalue weighted by Crippen LogP contribution is -2.40. The normalized spacial score (nSPS) is 14.4. The molecule has 1 aliphatic heterocycles. The lowest BCUT2D eigenvalue weighted by Gasteiger charge is -2.25. The summed E-state index contributed by atoms with van der Waals surface area (Å²) in [4.78, 5) is 55.8. The summed E-state index contributed by atoms with van der Waals surface area (Å²) in [5.74, 6) is -0.881. The number of rotatable bonds is 10. The first kappa shape index (κ1) is 33.1. The van der Waals surface area contributed by atoms with Gasteiger partial charge in [-0.3, -0.25) is 14.2 Å². The van der Waals surface area contributed by atoms with Crippen LogP contribution in [0.3, 0.4) is 0 Å². The summed E-state index contributed by atoms with van der Waals surface area (Å²) in [5.41, 5.74) is 1.13. The maximum absolute atomic E-state index is 14.1. The van der Waals surface area contributed by atoms with Crippen molar-refractivity contribution in [3.05, 3.63) is 81.4 Å². The highest BCUT2D eigenvalue weighted by Crippen LogP contribution is 2.37. The van der Waals surface area contributed by atoms with Crippen LogP contribution in [0.5, 0.6) is 17.2 Å². The molecule has 44 heavy (non-hydrogen) atoms. The molecule has 0 saturated carbocycles. The van der Waals surface area contributed by atoms with Crippen molar-refractivity contribution in [2.24, 2.45) is 4.99 Å². The molecule has 232 valence electrons. The van der Waals surface area contributed by atoms with Gasteiger partial charge in [0.05, 0.1) is 46.6 Å². The molecule has 0 bridgehead atoms. The molecule has 0 unspecified atom stereocenters. The third-order valence-electron chi connectivity index (χ3n) is 6.24. The van der Waals surface area contributed by atoms with E-state index in [0.717, 1.165) is 11.3 Å². The van der Waals surface area contributed by atoms with Crippen molar-refractivity contribution >= 4 is 67.2 Å². The van der Waals surface area contributed by atoms with Crippen molar-refractivity contribution in [2.75, 3.05) is 26.9 Å². The van der Waals surface area contributed by atoms with Crippen LogP contribution in [-0.4, -0.2) is 49.4 Å². The number of carbonyl (C=O) groups excluding carboxylic acids is 3. The van der Waals surface area contributed by atoms with Gasteiger partial charge >= 0.3 is 17.9 Å². The molecule has 0 amide bonds. The minimum Gasteiger partial charge on any atom is -0.490 e. The minimum absolute atomic E-state index is 0.119. The van der Waals surface area contributed by atoms with E-state index in [0.29, 0.717) is 36.3 Å². The van der Waals surface area contributed by atoms with Crippen molar-refractivity contribution < 1.29 is 38.1 Å². The summed E-state index contributed by atoms with van der Waals surface area (Å²) >= 11 is 7.98. The highest BCUT2D eigenvalue weighted by Gasteiger charge is 2.34. The third kappa shape index (κ3) is 7.13. The molecule has 2 aromatic carbocycles.